The minimum atomic E-state index is 0.760. The van der Waals surface area contributed by atoms with Crippen molar-refractivity contribution in [2.75, 3.05) is 32.7 Å². The lowest BCUT2D eigenvalue weighted by molar-refractivity contribution is 0.304. The summed E-state index contributed by atoms with van der Waals surface area (Å²) in [6, 6.07) is 0. The molecule has 0 fully saturated rings. The Morgan fingerprint density at radius 1 is 1.31 bits per heavy atom. The van der Waals surface area contributed by atoms with Crippen molar-refractivity contribution in [2.24, 2.45) is 5.92 Å². The third-order valence-electron chi connectivity index (χ3n) is 2.57. The monoisotopic (exact) mass is 226 g/mol. The van der Waals surface area contributed by atoms with E-state index in [-0.39, 0.29) is 0 Å². The zero-order valence-corrected chi connectivity index (χ0v) is 11.7. The first-order valence-electron chi connectivity index (χ1n) is 6.63. The third kappa shape index (κ3) is 10.2. The van der Waals surface area contributed by atoms with E-state index in [1.807, 2.05) is 0 Å². The molecule has 0 atom stereocenters. The summed E-state index contributed by atoms with van der Waals surface area (Å²) in [7, 11) is 0. The van der Waals surface area contributed by atoms with Gasteiger partial charge in [-0.05, 0) is 51.9 Å². The molecule has 0 radical (unpaired) electrons. The van der Waals surface area contributed by atoms with Gasteiger partial charge in [-0.25, -0.2) is 0 Å². The number of nitrogens with one attached hydrogen (secondary N) is 1. The molecule has 0 aliphatic rings. The Labute approximate surface area is 102 Å². The first-order chi connectivity index (χ1) is 7.56. The summed E-state index contributed by atoms with van der Waals surface area (Å²) in [4.78, 5) is 2.46. The molecule has 0 saturated carbocycles. The van der Waals surface area contributed by atoms with Gasteiger partial charge in [0, 0.05) is 6.54 Å². The van der Waals surface area contributed by atoms with Crippen LogP contribution in [0.4, 0.5) is 0 Å². The van der Waals surface area contributed by atoms with Gasteiger partial charge >= 0.3 is 0 Å². The Morgan fingerprint density at radius 2 is 2.00 bits per heavy atom. The lowest BCUT2D eigenvalue weighted by Gasteiger charge is -2.20. The van der Waals surface area contributed by atoms with Gasteiger partial charge in [-0.2, -0.15) is 0 Å². The van der Waals surface area contributed by atoms with Gasteiger partial charge in [0.2, 0.25) is 0 Å². The molecule has 0 spiro atoms. The second-order valence-electron chi connectivity index (χ2n) is 5.13. The van der Waals surface area contributed by atoms with Gasteiger partial charge in [-0.15, -0.1) is 0 Å². The summed E-state index contributed by atoms with van der Waals surface area (Å²) in [5, 5.41) is 3.48. The molecule has 0 aliphatic carbocycles. The SMILES string of the molecule is C=C(C)CN(CC)CCCCNCC(C)C. The second-order valence-corrected chi connectivity index (χ2v) is 5.13. The molecule has 0 amide bonds. The van der Waals surface area contributed by atoms with Crippen molar-refractivity contribution in [1.29, 1.82) is 0 Å². The standard InChI is InChI=1S/C14H30N2/c1-6-16(12-14(4)5)10-8-7-9-15-11-13(2)3/h13,15H,4,6-12H2,1-3,5H3. The maximum atomic E-state index is 3.97. The van der Waals surface area contributed by atoms with E-state index in [1.54, 1.807) is 0 Å². The van der Waals surface area contributed by atoms with Crippen LogP contribution in [0.25, 0.3) is 0 Å². The molecule has 0 unspecified atom stereocenters. The van der Waals surface area contributed by atoms with E-state index in [9.17, 15) is 0 Å². The molecule has 0 aromatic rings. The lowest BCUT2D eigenvalue weighted by atomic mass is 10.2. The number of hydrogen-bond acceptors (Lipinski definition) is 2. The van der Waals surface area contributed by atoms with E-state index in [2.05, 4.69) is 44.5 Å². The van der Waals surface area contributed by atoms with E-state index in [4.69, 9.17) is 0 Å². The largest absolute Gasteiger partial charge is 0.316 e. The van der Waals surface area contributed by atoms with Crippen LogP contribution in [0, 0.1) is 5.92 Å². The van der Waals surface area contributed by atoms with Gasteiger partial charge in [0.1, 0.15) is 0 Å². The molecule has 96 valence electrons. The van der Waals surface area contributed by atoms with Crippen molar-refractivity contribution in [3.63, 3.8) is 0 Å². The topological polar surface area (TPSA) is 15.3 Å². The molecular formula is C14H30N2. The molecule has 1 N–H and O–H groups in total. The molecule has 0 rings (SSSR count). The molecule has 0 aromatic heterocycles. The fourth-order valence-corrected chi connectivity index (χ4v) is 1.71. The van der Waals surface area contributed by atoms with E-state index in [0.717, 1.165) is 32.1 Å². The zero-order chi connectivity index (χ0) is 12.4. The Morgan fingerprint density at radius 3 is 2.50 bits per heavy atom. The Balaban J connectivity index is 3.37. The molecule has 16 heavy (non-hydrogen) atoms. The second kappa shape index (κ2) is 9.86. The van der Waals surface area contributed by atoms with Crippen molar-refractivity contribution >= 4 is 0 Å². The Hall–Kier alpha value is -0.340. The first kappa shape index (κ1) is 15.7. The molecule has 2 nitrogen and oxygen atoms in total. The average Bonchev–Trinajstić information content (AvgIpc) is 2.20. The van der Waals surface area contributed by atoms with Gasteiger partial charge in [0.05, 0.1) is 0 Å². The van der Waals surface area contributed by atoms with Gasteiger partial charge in [0.25, 0.3) is 0 Å². The van der Waals surface area contributed by atoms with Gasteiger partial charge in [-0.1, -0.05) is 32.9 Å². The predicted molar refractivity (Wildman–Crippen MR) is 73.9 cm³/mol. The fraction of sp³-hybridized carbons (Fsp3) is 0.857. The van der Waals surface area contributed by atoms with Gasteiger partial charge < -0.3 is 5.32 Å². The normalized spacial score (nSPS) is 11.4. The minimum absolute atomic E-state index is 0.760. The molecule has 0 aliphatic heterocycles. The summed E-state index contributed by atoms with van der Waals surface area (Å²) in [5.74, 6) is 0.760. The summed E-state index contributed by atoms with van der Waals surface area (Å²) < 4.78 is 0. The van der Waals surface area contributed by atoms with Crippen LogP contribution in [0.2, 0.25) is 0 Å². The van der Waals surface area contributed by atoms with Crippen LogP contribution in [0.15, 0.2) is 12.2 Å². The summed E-state index contributed by atoms with van der Waals surface area (Å²) in [6.07, 6.45) is 2.56. The summed E-state index contributed by atoms with van der Waals surface area (Å²) >= 11 is 0. The highest BCUT2D eigenvalue weighted by molar-refractivity contribution is 4.91. The molecule has 2 heteroatoms. The number of likely N-dealkylation sites (N-methyl/N-ethyl adjacent to an activating group) is 1. The highest BCUT2D eigenvalue weighted by atomic mass is 15.1. The summed E-state index contributed by atoms with van der Waals surface area (Å²) in [6.45, 7) is 18.5. The van der Waals surface area contributed by atoms with Crippen LogP contribution in [0.5, 0.6) is 0 Å². The van der Waals surface area contributed by atoms with Crippen molar-refractivity contribution in [2.45, 2.75) is 40.5 Å². The quantitative estimate of drug-likeness (QED) is 0.455. The van der Waals surface area contributed by atoms with Crippen LogP contribution < -0.4 is 5.32 Å². The lowest BCUT2D eigenvalue weighted by Crippen LogP contribution is -2.27. The highest BCUT2D eigenvalue weighted by Crippen LogP contribution is 1.99. The first-order valence-corrected chi connectivity index (χ1v) is 6.63. The highest BCUT2D eigenvalue weighted by Gasteiger charge is 2.01. The number of rotatable bonds is 10. The molecular weight excluding hydrogens is 196 g/mol. The number of unbranched alkanes of at least 4 members (excludes halogenated alkanes) is 1. The van der Waals surface area contributed by atoms with Crippen LogP contribution in [-0.2, 0) is 0 Å². The molecule has 0 bridgehead atoms. The van der Waals surface area contributed by atoms with Crippen molar-refractivity contribution in [3.8, 4) is 0 Å². The van der Waals surface area contributed by atoms with Gasteiger partial charge in [0.15, 0.2) is 0 Å². The maximum Gasteiger partial charge on any atom is 0.0187 e. The summed E-state index contributed by atoms with van der Waals surface area (Å²) in [5.41, 5.74) is 1.26. The number of hydrogen-bond donors (Lipinski definition) is 1. The third-order valence-corrected chi connectivity index (χ3v) is 2.57. The van der Waals surface area contributed by atoms with E-state index < -0.39 is 0 Å². The van der Waals surface area contributed by atoms with Crippen molar-refractivity contribution < 1.29 is 0 Å². The van der Waals surface area contributed by atoms with Crippen LogP contribution in [0.1, 0.15) is 40.5 Å². The van der Waals surface area contributed by atoms with Crippen LogP contribution >= 0.6 is 0 Å². The van der Waals surface area contributed by atoms with Crippen molar-refractivity contribution in [3.05, 3.63) is 12.2 Å². The van der Waals surface area contributed by atoms with Crippen molar-refractivity contribution in [1.82, 2.24) is 10.2 Å². The zero-order valence-electron chi connectivity index (χ0n) is 11.7. The average molecular weight is 226 g/mol. The van der Waals surface area contributed by atoms with Crippen LogP contribution in [-0.4, -0.2) is 37.6 Å². The predicted octanol–water partition coefficient (Wildman–Crippen LogP) is 2.91. The van der Waals surface area contributed by atoms with Crippen LogP contribution in [0.3, 0.4) is 0 Å². The van der Waals surface area contributed by atoms with Gasteiger partial charge in [-0.3, -0.25) is 4.90 Å². The minimum Gasteiger partial charge on any atom is -0.316 e. The molecule has 0 saturated heterocycles. The Kier molecular flexibility index (Phi) is 9.65. The number of nitrogens with zero attached hydrogens (tertiary/aromatic N) is 1. The molecule has 0 heterocycles. The van der Waals surface area contributed by atoms with E-state index in [0.29, 0.717) is 0 Å². The maximum absolute atomic E-state index is 3.97. The molecule has 0 aromatic carbocycles. The Bertz CT molecular complexity index is 176. The smallest absolute Gasteiger partial charge is 0.0187 e. The van der Waals surface area contributed by atoms with E-state index in [1.165, 1.54) is 25.0 Å². The fourth-order valence-electron chi connectivity index (χ4n) is 1.71. The van der Waals surface area contributed by atoms with E-state index >= 15 is 0 Å².